The van der Waals surface area contributed by atoms with E-state index in [1.807, 2.05) is 49.3 Å². The fraction of sp³-hybridized carbons (Fsp3) is 0.0526. The minimum atomic E-state index is -1.11. The van der Waals surface area contributed by atoms with Crippen LogP contribution in [0.5, 0.6) is 0 Å². The van der Waals surface area contributed by atoms with E-state index in [4.69, 9.17) is 9.52 Å². The third-order valence-electron chi connectivity index (χ3n) is 3.98. The van der Waals surface area contributed by atoms with Crippen LogP contribution >= 0.6 is 0 Å². The predicted octanol–water partition coefficient (Wildman–Crippen LogP) is 2.80. The number of rotatable bonds is 5. The molecule has 27 heavy (non-hydrogen) atoms. The van der Waals surface area contributed by atoms with Gasteiger partial charge in [-0.3, -0.25) is 0 Å². The number of carboxylic acid groups (broad SMARTS) is 1. The first-order chi connectivity index (χ1) is 13.2. The summed E-state index contributed by atoms with van der Waals surface area (Å²) in [4.78, 5) is 18.8. The fourth-order valence-electron chi connectivity index (χ4n) is 2.66. The van der Waals surface area contributed by atoms with Crippen molar-refractivity contribution in [3.8, 4) is 22.7 Å². The van der Waals surface area contributed by atoms with Crippen molar-refractivity contribution in [3.63, 3.8) is 0 Å². The quantitative estimate of drug-likeness (QED) is 0.510. The van der Waals surface area contributed by atoms with Crippen molar-refractivity contribution in [2.24, 2.45) is 4.99 Å². The molecule has 0 aliphatic rings. The molecule has 8 heteroatoms. The Morgan fingerprint density at radius 2 is 2.04 bits per heavy atom. The van der Waals surface area contributed by atoms with Gasteiger partial charge in [-0.15, -0.1) is 0 Å². The summed E-state index contributed by atoms with van der Waals surface area (Å²) in [5.41, 5.74) is 3.40. The van der Waals surface area contributed by atoms with E-state index in [2.05, 4.69) is 20.2 Å². The van der Waals surface area contributed by atoms with Crippen molar-refractivity contribution in [1.29, 1.82) is 0 Å². The summed E-state index contributed by atoms with van der Waals surface area (Å²) < 4.78 is 5.25. The van der Waals surface area contributed by atoms with Gasteiger partial charge in [0.2, 0.25) is 0 Å². The van der Waals surface area contributed by atoms with Crippen LogP contribution in [-0.2, 0) is 6.54 Å². The molecule has 0 spiro atoms. The second-order valence-corrected chi connectivity index (χ2v) is 5.88. The number of furan rings is 1. The van der Waals surface area contributed by atoms with Crippen LogP contribution < -0.4 is 5.38 Å². The molecule has 1 aromatic carbocycles. The van der Waals surface area contributed by atoms with E-state index in [1.54, 1.807) is 12.1 Å². The molecule has 0 unspecified atom stereocenters. The Labute approximate surface area is 154 Å². The molecule has 0 bridgehead atoms. The number of hydrogen-bond donors (Lipinski definition) is 3. The Morgan fingerprint density at radius 3 is 2.81 bits per heavy atom. The number of benzene rings is 1. The van der Waals surface area contributed by atoms with Crippen LogP contribution in [0.2, 0.25) is 0 Å². The molecule has 0 amide bonds. The van der Waals surface area contributed by atoms with Gasteiger partial charge < -0.3 is 0 Å². The normalized spacial score (nSPS) is 11.5. The van der Waals surface area contributed by atoms with Gasteiger partial charge >= 0.3 is 154 Å². The number of carbonyl (C=O) groups is 1. The third kappa shape index (κ3) is 3.79. The van der Waals surface area contributed by atoms with Gasteiger partial charge in [0, 0.05) is 0 Å². The first-order valence-electron chi connectivity index (χ1n) is 8.32. The van der Waals surface area contributed by atoms with Crippen molar-refractivity contribution in [2.45, 2.75) is 6.54 Å². The number of aromatic nitrogens is 3. The first-order valence-corrected chi connectivity index (χ1v) is 8.32. The van der Waals surface area contributed by atoms with Crippen LogP contribution in [0.3, 0.4) is 0 Å². The van der Waals surface area contributed by atoms with E-state index in [9.17, 15) is 4.79 Å². The second-order valence-electron chi connectivity index (χ2n) is 5.88. The average molecular weight is 358 g/mol. The van der Waals surface area contributed by atoms with Gasteiger partial charge in [0.25, 0.3) is 0 Å². The number of aromatic carboxylic acids is 1. The number of carboxylic acids is 1. The predicted molar refractivity (Wildman–Crippen MR) is 100 cm³/mol. The van der Waals surface area contributed by atoms with Crippen molar-refractivity contribution in [1.82, 2.24) is 15.2 Å². The number of nitrogens with zero attached hydrogens (tertiary/aromatic N) is 2. The maximum absolute atomic E-state index is 10.9. The molecule has 0 fully saturated rings. The Kier molecular flexibility index (Phi) is 4.53. The number of nitrogens with one attached hydrogen (secondary N) is 2. The van der Waals surface area contributed by atoms with Gasteiger partial charge in [-0.25, -0.2) is 0 Å². The molecule has 4 rings (SSSR count). The summed E-state index contributed by atoms with van der Waals surface area (Å²) >= 11 is 0. The standard InChI is InChI=1S/C19H15BN4O3/c25-18(26)17-7-6-16(27-17)15-10-13(23-24-15)11-21-19-20-9-8-14(22-19)12-4-2-1-3-5-12/h1-10H,11H2,(H,21,22)(H,23,24)(H,25,26). The molecular formula is C19H15BN4O3. The SMILES string of the molecule is O=C(O)c1ccc(-c2cc(CN=c3bccc(-c4ccccc4)[nH]3)[nH]n2)o1. The second kappa shape index (κ2) is 7.29. The maximum atomic E-state index is 10.9. The van der Waals surface area contributed by atoms with Crippen LogP contribution in [-0.4, -0.2) is 33.2 Å². The third-order valence-corrected chi connectivity index (χ3v) is 3.98. The number of H-pyrrole nitrogens is 2. The Hall–Kier alpha value is -3.68. The molecule has 4 aromatic rings. The van der Waals surface area contributed by atoms with Crippen LogP contribution in [0.25, 0.3) is 22.7 Å². The molecule has 0 saturated heterocycles. The summed E-state index contributed by atoms with van der Waals surface area (Å²) in [5, 5.41) is 16.7. The number of hydrogen-bond acceptors (Lipinski definition) is 4. The van der Waals surface area contributed by atoms with Crippen LogP contribution in [0.4, 0.5) is 0 Å². The Balaban J connectivity index is 1.53. The van der Waals surface area contributed by atoms with Gasteiger partial charge in [0.15, 0.2) is 0 Å². The van der Waals surface area contributed by atoms with Crippen LogP contribution in [0.15, 0.2) is 70.0 Å². The monoisotopic (exact) mass is 358 g/mol. The number of aromatic amines is 2. The first kappa shape index (κ1) is 16.8. The molecule has 132 valence electrons. The minimum absolute atomic E-state index is 0.119. The topological polar surface area (TPSA) is 107 Å². The zero-order valence-electron chi connectivity index (χ0n) is 14.2. The average Bonchev–Trinajstić information content (AvgIpc) is 3.37. The van der Waals surface area contributed by atoms with E-state index >= 15 is 0 Å². The van der Waals surface area contributed by atoms with Gasteiger partial charge in [0.05, 0.1) is 0 Å². The van der Waals surface area contributed by atoms with E-state index in [1.165, 1.54) is 6.07 Å². The molecule has 0 aliphatic carbocycles. The summed E-state index contributed by atoms with van der Waals surface area (Å²) in [6.07, 6.45) is 0. The molecule has 3 N–H and O–H groups in total. The van der Waals surface area contributed by atoms with Crippen molar-refractivity contribution >= 4 is 12.9 Å². The molecule has 0 atom stereocenters. The zero-order chi connectivity index (χ0) is 18.6. The summed E-state index contributed by atoms with van der Waals surface area (Å²) in [6.45, 7) is 2.30. The van der Waals surface area contributed by atoms with E-state index in [-0.39, 0.29) is 5.76 Å². The van der Waals surface area contributed by atoms with Crippen molar-refractivity contribution < 1.29 is 14.3 Å². The van der Waals surface area contributed by atoms with Crippen molar-refractivity contribution in [3.05, 3.63) is 77.4 Å². The van der Waals surface area contributed by atoms with Crippen LogP contribution in [0, 0.1) is 0 Å². The molecule has 3 heterocycles. The van der Waals surface area contributed by atoms with E-state index in [0.717, 1.165) is 22.3 Å². The summed E-state index contributed by atoms with van der Waals surface area (Å²) in [7, 11) is 0. The van der Waals surface area contributed by atoms with Gasteiger partial charge in [-0.2, -0.15) is 0 Å². The Morgan fingerprint density at radius 1 is 1.19 bits per heavy atom. The van der Waals surface area contributed by atoms with Gasteiger partial charge in [-0.05, 0) is 0 Å². The van der Waals surface area contributed by atoms with E-state index < -0.39 is 5.97 Å². The van der Waals surface area contributed by atoms with Crippen molar-refractivity contribution in [2.75, 3.05) is 0 Å². The van der Waals surface area contributed by atoms with E-state index in [0.29, 0.717) is 18.0 Å². The molecular weight excluding hydrogens is 343 g/mol. The Bertz CT molecular complexity index is 1140. The summed E-state index contributed by atoms with van der Waals surface area (Å²) in [6, 6.07) is 16.8. The molecule has 0 radical (unpaired) electrons. The summed E-state index contributed by atoms with van der Waals surface area (Å²) in [5.74, 6) is 1.12. The van der Waals surface area contributed by atoms with Gasteiger partial charge in [0.1, 0.15) is 0 Å². The fourth-order valence-corrected chi connectivity index (χ4v) is 2.66. The van der Waals surface area contributed by atoms with Crippen LogP contribution in [0.1, 0.15) is 16.2 Å². The van der Waals surface area contributed by atoms with Gasteiger partial charge in [-0.1, -0.05) is 0 Å². The molecule has 0 aliphatic heterocycles. The zero-order valence-corrected chi connectivity index (χ0v) is 14.2. The molecule has 3 aromatic heterocycles. The molecule has 0 saturated carbocycles. The molecule has 7 nitrogen and oxygen atoms in total.